The SMILES string of the molecule is N#Cc1ccc(-c2ccc3c(c2)c2cc(-c4ccc(C#N)cc4)ccc2n3-c2c(-c3cc(C#N)cc(C#N)c3)cc(-c3nc(-c4ccccc4)nc(-c4ccccc4)n3)cc2-c2cc(C#N)cc(C#N)c2)cc1. The summed E-state index contributed by atoms with van der Waals surface area (Å²) in [4.78, 5) is 15.2. The maximum absolute atomic E-state index is 10.4. The van der Waals surface area contributed by atoms with Crippen molar-refractivity contribution in [3.8, 4) is 121 Å². The van der Waals surface area contributed by atoms with Crippen molar-refractivity contribution < 1.29 is 0 Å². The molecule has 11 aromatic rings. The first-order valence-electron chi connectivity index (χ1n) is 22.9. The fraction of sp³-hybridized carbons (Fsp3) is 0. The highest BCUT2D eigenvalue weighted by atomic mass is 15.0. The fourth-order valence-electron chi connectivity index (χ4n) is 9.30. The molecule has 0 saturated carbocycles. The van der Waals surface area contributed by atoms with Crippen molar-refractivity contribution in [2.45, 2.75) is 0 Å². The third-order valence-corrected chi connectivity index (χ3v) is 12.8. The van der Waals surface area contributed by atoms with Crippen LogP contribution in [0.3, 0.4) is 0 Å². The predicted octanol–water partition coefficient (Wildman–Crippen LogP) is 13.9. The van der Waals surface area contributed by atoms with Gasteiger partial charge in [-0.2, -0.15) is 31.6 Å². The van der Waals surface area contributed by atoms with E-state index in [1.807, 2.05) is 109 Å². The summed E-state index contributed by atoms with van der Waals surface area (Å²) in [6, 6.07) is 74.0. The number of nitriles is 6. The van der Waals surface area contributed by atoms with Gasteiger partial charge in [-0.25, -0.2) is 15.0 Å². The molecule has 0 spiro atoms. The van der Waals surface area contributed by atoms with Gasteiger partial charge >= 0.3 is 0 Å². The number of aromatic nitrogens is 4. The lowest BCUT2D eigenvalue weighted by Crippen LogP contribution is -2.04. The first-order valence-corrected chi connectivity index (χ1v) is 22.9. The molecule has 0 radical (unpaired) electrons. The quantitative estimate of drug-likeness (QED) is 0.143. The van der Waals surface area contributed by atoms with Crippen molar-refractivity contribution in [3.63, 3.8) is 0 Å². The standard InChI is InChI=1S/C63H32N10/c64-33-39-11-15-45(16-12-39)49-19-21-58-56(29-49)57-30-50(46-17-13-40(34-65)14-18-46)20-22-59(57)73(58)60-54(51-25-41(35-66)23-42(26-51)36-67)31-53(32-55(60)52-27-43(37-68)24-44(28-52)38-69)63-71-61(47-7-3-1-4-8-47)70-62(72-63)48-9-5-2-6-10-48/h1-32H. The Bertz CT molecular complexity index is 3970. The third kappa shape index (κ3) is 8.31. The Balaban J connectivity index is 1.30. The van der Waals surface area contributed by atoms with Crippen LogP contribution >= 0.6 is 0 Å². The van der Waals surface area contributed by atoms with Gasteiger partial charge in [0.05, 0.1) is 86.5 Å². The van der Waals surface area contributed by atoms with Crippen LogP contribution in [-0.4, -0.2) is 19.5 Å². The van der Waals surface area contributed by atoms with Crippen molar-refractivity contribution in [1.82, 2.24) is 19.5 Å². The smallest absolute Gasteiger partial charge is 0.164 e. The Morgan fingerprint density at radius 3 is 0.973 bits per heavy atom. The van der Waals surface area contributed by atoms with Crippen molar-refractivity contribution in [2.75, 3.05) is 0 Å². The number of rotatable bonds is 8. The highest BCUT2D eigenvalue weighted by Crippen LogP contribution is 2.46. The average molecular weight is 929 g/mol. The summed E-state index contributed by atoms with van der Waals surface area (Å²) in [5, 5.41) is 62.7. The molecule has 0 amide bonds. The Morgan fingerprint density at radius 2 is 0.616 bits per heavy atom. The van der Waals surface area contributed by atoms with Crippen molar-refractivity contribution in [2.24, 2.45) is 0 Å². The van der Waals surface area contributed by atoms with Crippen LogP contribution in [0, 0.1) is 68.0 Å². The molecule has 2 heterocycles. The predicted molar refractivity (Wildman–Crippen MR) is 281 cm³/mol. The van der Waals surface area contributed by atoms with E-state index in [4.69, 9.17) is 15.0 Å². The Kier molecular flexibility index (Phi) is 11.3. The molecule has 10 nitrogen and oxygen atoms in total. The number of hydrogen-bond donors (Lipinski definition) is 0. The van der Waals surface area contributed by atoms with Crippen molar-refractivity contribution in [3.05, 3.63) is 228 Å². The number of nitrogens with zero attached hydrogens (tertiary/aromatic N) is 10. The van der Waals surface area contributed by atoms with Gasteiger partial charge in [-0.1, -0.05) is 97.1 Å². The van der Waals surface area contributed by atoms with Gasteiger partial charge in [-0.3, -0.25) is 0 Å². The molecule has 2 aromatic heterocycles. The molecule has 10 heteroatoms. The van der Waals surface area contributed by atoms with E-state index < -0.39 is 0 Å². The summed E-state index contributed by atoms with van der Waals surface area (Å²) in [5.41, 5.74) is 12.4. The van der Waals surface area contributed by atoms with E-state index in [0.717, 1.165) is 55.2 Å². The second-order valence-corrected chi connectivity index (χ2v) is 17.2. The van der Waals surface area contributed by atoms with Gasteiger partial charge in [-0.05, 0) is 130 Å². The average Bonchev–Trinajstić information content (AvgIpc) is 3.79. The van der Waals surface area contributed by atoms with Gasteiger partial charge in [0.2, 0.25) is 0 Å². The maximum Gasteiger partial charge on any atom is 0.164 e. The zero-order valence-electron chi connectivity index (χ0n) is 38.4. The minimum atomic E-state index is 0.268. The molecule has 334 valence electrons. The van der Waals surface area contributed by atoms with Gasteiger partial charge in [0.25, 0.3) is 0 Å². The summed E-state index contributed by atoms with van der Waals surface area (Å²) in [6.07, 6.45) is 0. The molecule has 11 rings (SSSR count). The van der Waals surface area contributed by atoms with Crippen LogP contribution in [0.4, 0.5) is 0 Å². The molecule has 0 aliphatic carbocycles. The fourth-order valence-corrected chi connectivity index (χ4v) is 9.30. The molecule has 0 fully saturated rings. The van der Waals surface area contributed by atoms with Gasteiger partial charge in [0.15, 0.2) is 17.5 Å². The Labute approximate surface area is 419 Å². The first-order chi connectivity index (χ1) is 35.8. The lowest BCUT2D eigenvalue weighted by Gasteiger charge is -2.21. The highest BCUT2D eigenvalue weighted by molar-refractivity contribution is 6.13. The van der Waals surface area contributed by atoms with E-state index >= 15 is 0 Å². The monoisotopic (exact) mass is 928 g/mol. The number of fused-ring (bicyclic) bond motifs is 3. The van der Waals surface area contributed by atoms with Gasteiger partial charge in [0.1, 0.15) is 0 Å². The normalized spacial score (nSPS) is 10.7. The second kappa shape index (κ2) is 18.7. The van der Waals surface area contributed by atoms with Crippen LogP contribution in [0.1, 0.15) is 33.4 Å². The Morgan fingerprint density at radius 1 is 0.274 bits per heavy atom. The van der Waals surface area contributed by atoms with Gasteiger partial charge in [-0.15, -0.1) is 0 Å². The largest absolute Gasteiger partial charge is 0.308 e. The van der Waals surface area contributed by atoms with Crippen LogP contribution in [0.15, 0.2) is 194 Å². The molecule has 9 aromatic carbocycles. The third-order valence-electron chi connectivity index (χ3n) is 12.8. The van der Waals surface area contributed by atoms with Crippen molar-refractivity contribution >= 4 is 21.8 Å². The van der Waals surface area contributed by atoms with Crippen LogP contribution < -0.4 is 0 Å². The summed E-state index contributed by atoms with van der Waals surface area (Å²) >= 11 is 0. The first kappa shape index (κ1) is 44.2. The topological polar surface area (TPSA) is 186 Å². The lowest BCUT2D eigenvalue weighted by atomic mass is 9.90. The second-order valence-electron chi connectivity index (χ2n) is 17.2. The van der Waals surface area contributed by atoms with Crippen LogP contribution in [-0.2, 0) is 0 Å². The summed E-state index contributed by atoms with van der Waals surface area (Å²) in [5.74, 6) is 1.20. The number of hydrogen-bond acceptors (Lipinski definition) is 9. The molecule has 0 aliphatic rings. The zero-order valence-corrected chi connectivity index (χ0v) is 38.4. The van der Waals surface area contributed by atoms with E-state index in [-0.39, 0.29) is 22.3 Å². The van der Waals surface area contributed by atoms with E-state index in [2.05, 4.69) is 65.2 Å². The molecular formula is C63H32N10. The number of benzene rings is 9. The van der Waals surface area contributed by atoms with E-state index in [9.17, 15) is 31.6 Å². The van der Waals surface area contributed by atoms with E-state index in [1.54, 1.807) is 60.7 Å². The molecule has 0 unspecified atom stereocenters. The molecule has 0 atom stereocenters. The van der Waals surface area contributed by atoms with Crippen LogP contribution in [0.5, 0.6) is 0 Å². The van der Waals surface area contributed by atoms with Gasteiger partial charge < -0.3 is 4.57 Å². The van der Waals surface area contributed by atoms with Crippen LogP contribution in [0.2, 0.25) is 0 Å². The summed E-state index contributed by atoms with van der Waals surface area (Å²) in [7, 11) is 0. The van der Waals surface area contributed by atoms with Crippen molar-refractivity contribution in [1.29, 1.82) is 31.6 Å². The lowest BCUT2D eigenvalue weighted by molar-refractivity contribution is 1.07. The van der Waals surface area contributed by atoms with E-state index in [0.29, 0.717) is 62.1 Å². The molecule has 0 bridgehead atoms. The molecule has 73 heavy (non-hydrogen) atoms. The van der Waals surface area contributed by atoms with Gasteiger partial charge in [0, 0.05) is 38.6 Å². The molecule has 0 aliphatic heterocycles. The molecular weight excluding hydrogens is 897 g/mol. The van der Waals surface area contributed by atoms with E-state index in [1.165, 1.54) is 0 Å². The molecule has 0 saturated heterocycles. The zero-order chi connectivity index (χ0) is 50.0. The molecule has 0 N–H and O–H groups in total. The summed E-state index contributed by atoms with van der Waals surface area (Å²) < 4.78 is 2.15. The minimum Gasteiger partial charge on any atom is -0.308 e. The highest BCUT2D eigenvalue weighted by Gasteiger charge is 2.25. The Hall–Kier alpha value is -11.3. The minimum absolute atomic E-state index is 0.268. The van der Waals surface area contributed by atoms with Crippen LogP contribution in [0.25, 0.3) is 106 Å². The maximum atomic E-state index is 10.4. The summed E-state index contributed by atoms with van der Waals surface area (Å²) in [6.45, 7) is 0.